The van der Waals surface area contributed by atoms with E-state index in [1.807, 2.05) is 0 Å². The van der Waals surface area contributed by atoms with E-state index >= 15 is 0 Å². The molecule has 1 N–H and O–H groups in total. The van der Waals surface area contributed by atoms with Crippen LogP contribution in [0.15, 0.2) is 11.8 Å². The van der Waals surface area contributed by atoms with Crippen molar-refractivity contribution in [2.75, 3.05) is 0 Å². The Balaban J connectivity index is 3.10. The molecule has 0 aromatic carbocycles. The number of halogens is 3. The molecule has 0 unspecified atom stereocenters. The van der Waals surface area contributed by atoms with Crippen LogP contribution in [0.25, 0.3) is 0 Å². The van der Waals surface area contributed by atoms with Crippen LogP contribution in [0.2, 0.25) is 0 Å². The van der Waals surface area contributed by atoms with Gasteiger partial charge < -0.3 is 14.8 Å². The molecule has 0 fully saturated rings. The fraction of sp³-hybridized carbons (Fsp3) is 0.583. The van der Waals surface area contributed by atoms with E-state index in [9.17, 15) is 27.6 Å². The maximum Gasteiger partial charge on any atom is 0.471 e. The second-order valence-electron chi connectivity index (χ2n) is 4.49. The summed E-state index contributed by atoms with van der Waals surface area (Å²) in [6.45, 7) is 3.59. The largest absolute Gasteiger partial charge is 0.494 e. The van der Waals surface area contributed by atoms with Gasteiger partial charge in [-0.15, -0.1) is 0 Å². The van der Waals surface area contributed by atoms with Gasteiger partial charge in [-0.1, -0.05) is 0 Å². The third kappa shape index (κ3) is 4.20. The minimum absolute atomic E-state index is 0.211. The topological polar surface area (TPSA) is 81.7 Å². The molecule has 1 amide bonds. The van der Waals surface area contributed by atoms with Crippen LogP contribution >= 0.6 is 0 Å². The summed E-state index contributed by atoms with van der Waals surface area (Å²) in [6.07, 6.45) is -6.22. The molecule has 0 saturated carbocycles. The van der Waals surface area contributed by atoms with Crippen molar-refractivity contribution in [3.63, 3.8) is 0 Å². The molecule has 0 bridgehead atoms. The number of alkyl halides is 3. The summed E-state index contributed by atoms with van der Waals surface area (Å²) >= 11 is 0. The molecule has 0 aromatic heterocycles. The Hall–Kier alpha value is -2.06. The Morgan fingerprint density at radius 3 is 2.29 bits per heavy atom. The van der Waals surface area contributed by atoms with Crippen molar-refractivity contribution in [1.29, 1.82) is 0 Å². The van der Waals surface area contributed by atoms with Gasteiger partial charge in [0.05, 0.1) is 11.8 Å². The molecule has 21 heavy (non-hydrogen) atoms. The van der Waals surface area contributed by atoms with Gasteiger partial charge in [0.25, 0.3) is 0 Å². The zero-order valence-corrected chi connectivity index (χ0v) is 11.5. The standard InChI is InChI=1S/C12H14F3NO5/c1-5(17)8-4-20-6(2)10(21-7(3)18)9(8)16-11(19)12(13,14)15/h4,6,9-10H,1-3H3,(H,16,19)/t6-,9-,10-/m0/s1. The van der Waals surface area contributed by atoms with Gasteiger partial charge in [-0.2, -0.15) is 13.2 Å². The van der Waals surface area contributed by atoms with Gasteiger partial charge in [0, 0.05) is 6.92 Å². The number of hydrogen-bond acceptors (Lipinski definition) is 5. The average Bonchev–Trinajstić information content (AvgIpc) is 2.31. The highest BCUT2D eigenvalue weighted by Crippen LogP contribution is 2.24. The fourth-order valence-corrected chi connectivity index (χ4v) is 1.82. The van der Waals surface area contributed by atoms with Gasteiger partial charge >= 0.3 is 18.1 Å². The monoisotopic (exact) mass is 309 g/mol. The van der Waals surface area contributed by atoms with Crippen LogP contribution in [-0.4, -0.2) is 42.1 Å². The molecule has 6 nitrogen and oxygen atoms in total. The maximum atomic E-state index is 12.4. The Morgan fingerprint density at radius 2 is 1.86 bits per heavy atom. The highest BCUT2D eigenvalue weighted by Gasteiger charge is 2.45. The van der Waals surface area contributed by atoms with E-state index < -0.39 is 42.1 Å². The van der Waals surface area contributed by atoms with Crippen molar-refractivity contribution >= 4 is 17.7 Å². The molecular weight excluding hydrogens is 295 g/mol. The number of rotatable bonds is 3. The van der Waals surface area contributed by atoms with Gasteiger partial charge in [-0.3, -0.25) is 14.4 Å². The number of amides is 1. The Labute approximate surface area is 118 Å². The highest BCUT2D eigenvalue weighted by molar-refractivity contribution is 5.96. The molecule has 1 rings (SSSR count). The third-order valence-corrected chi connectivity index (χ3v) is 2.79. The van der Waals surface area contributed by atoms with Crippen molar-refractivity contribution in [2.24, 2.45) is 0 Å². The SMILES string of the molecule is CC(=O)O[C@H]1[C@H](C)OC=C(C(C)=O)[C@@H]1NC(=O)C(F)(F)F. The maximum absolute atomic E-state index is 12.4. The third-order valence-electron chi connectivity index (χ3n) is 2.79. The molecule has 0 aromatic rings. The van der Waals surface area contributed by atoms with Crippen molar-refractivity contribution in [2.45, 2.75) is 45.2 Å². The van der Waals surface area contributed by atoms with Crippen LogP contribution in [0.5, 0.6) is 0 Å². The number of Topliss-reactive ketones (excluding diaryl/α,β-unsaturated/α-hetero) is 1. The number of carbonyl (C=O) groups is 3. The van der Waals surface area contributed by atoms with E-state index in [4.69, 9.17) is 9.47 Å². The summed E-state index contributed by atoms with van der Waals surface area (Å²) in [7, 11) is 0. The van der Waals surface area contributed by atoms with E-state index in [2.05, 4.69) is 0 Å². The molecule has 1 aliphatic rings. The molecule has 1 heterocycles. The van der Waals surface area contributed by atoms with Crippen LogP contribution in [0.4, 0.5) is 13.2 Å². The normalized spacial score (nSPS) is 25.4. The first-order valence-electron chi connectivity index (χ1n) is 5.95. The van der Waals surface area contributed by atoms with E-state index in [0.717, 1.165) is 20.1 Å². The molecule has 0 saturated heterocycles. The molecule has 3 atom stereocenters. The molecule has 0 spiro atoms. The summed E-state index contributed by atoms with van der Waals surface area (Å²) in [4.78, 5) is 33.6. The minimum Gasteiger partial charge on any atom is -0.494 e. The van der Waals surface area contributed by atoms with Crippen LogP contribution in [0.1, 0.15) is 20.8 Å². The zero-order valence-electron chi connectivity index (χ0n) is 11.5. The Morgan fingerprint density at radius 1 is 1.29 bits per heavy atom. The molecule has 1 aliphatic heterocycles. The van der Waals surface area contributed by atoms with Crippen LogP contribution in [0, 0.1) is 0 Å². The number of carbonyl (C=O) groups excluding carboxylic acids is 3. The van der Waals surface area contributed by atoms with Crippen molar-refractivity contribution in [3.05, 3.63) is 11.8 Å². The van der Waals surface area contributed by atoms with Crippen molar-refractivity contribution < 1.29 is 37.0 Å². The Bertz CT molecular complexity index is 486. The van der Waals surface area contributed by atoms with E-state index in [-0.39, 0.29) is 5.57 Å². The quantitative estimate of drug-likeness (QED) is 0.782. The molecule has 0 aliphatic carbocycles. The van der Waals surface area contributed by atoms with Gasteiger partial charge in [0.2, 0.25) is 0 Å². The van der Waals surface area contributed by atoms with Gasteiger partial charge in [0.15, 0.2) is 11.9 Å². The van der Waals surface area contributed by atoms with Gasteiger partial charge in [-0.25, -0.2) is 0 Å². The lowest BCUT2D eigenvalue weighted by atomic mass is 9.94. The summed E-state index contributed by atoms with van der Waals surface area (Å²) in [6, 6.07) is -1.43. The second-order valence-corrected chi connectivity index (χ2v) is 4.49. The van der Waals surface area contributed by atoms with Crippen molar-refractivity contribution in [1.82, 2.24) is 5.32 Å². The van der Waals surface area contributed by atoms with E-state index in [0.29, 0.717) is 0 Å². The first kappa shape index (κ1) is 17.0. The summed E-state index contributed by atoms with van der Waals surface area (Å²) in [5, 5.41) is 1.67. The first-order valence-corrected chi connectivity index (χ1v) is 5.95. The predicted molar refractivity (Wildman–Crippen MR) is 62.9 cm³/mol. The molecule has 9 heteroatoms. The van der Waals surface area contributed by atoms with E-state index in [1.165, 1.54) is 6.92 Å². The Kier molecular flexibility index (Phi) is 4.97. The zero-order chi connectivity index (χ0) is 16.4. The smallest absolute Gasteiger partial charge is 0.471 e. The molecular formula is C12H14F3NO5. The predicted octanol–water partition coefficient (Wildman–Crippen LogP) is 0.857. The summed E-state index contributed by atoms with van der Waals surface area (Å²) in [5.74, 6) is -3.61. The number of hydrogen-bond donors (Lipinski definition) is 1. The van der Waals surface area contributed by atoms with E-state index in [1.54, 1.807) is 5.32 Å². The molecule has 118 valence electrons. The number of ketones is 1. The number of ether oxygens (including phenoxy) is 2. The summed E-state index contributed by atoms with van der Waals surface area (Å²) < 4.78 is 47.0. The lowest BCUT2D eigenvalue weighted by Crippen LogP contribution is -2.56. The second kappa shape index (κ2) is 6.15. The minimum atomic E-state index is -5.12. The summed E-state index contributed by atoms with van der Waals surface area (Å²) in [5.41, 5.74) is -0.211. The fourth-order valence-electron chi connectivity index (χ4n) is 1.82. The lowest BCUT2D eigenvalue weighted by molar-refractivity contribution is -0.177. The van der Waals surface area contributed by atoms with Gasteiger partial charge in [-0.05, 0) is 13.8 Å². The van der Waals surface area contributed by atoms with Crippen molar-refractivity contribution in [3.8, 4) is 0 Å². The molecule has 0 radical (unpaired) electrons. The first-order chi connectivity index (χ1) is 9.54. The van der Waals surface area contributed by atoms with Gasteiger partial charge in [0.1, 0.15) is 12.1 Å². The number of nitrogens with one attached hydrogen (secondary N) is 1. The van der Waals surface area contributed by atoms with Crippen LogP contribution in [0.3, 0.4) is 0 Å². The highest BCUT2D eigenvalue weighted by atomic mass is 19.4. The lowest BCUT2D eigenvalue weighted by Gasteiger charge is -2.35. The van der Waals surface area contributed by atoms with Crippen LogP contribution < -0.4 is 5.32 Å². The van der Waals surface area contributed by atoms with Crippen LogP contribution in [-0.2, 0) is 23.9 Å². The average molecular weight is 309 g/mol. The number of esters is 1.